The van der Waals surface area contributed by atoms with E-state index in [1.807, 2.05) is 35.7 Å². The second-order valence-corrected chi connectivity index (χ2v) is 6.78. The molecule has 0 radical (unpaired) electrons. The van der Waals surface area contributed by atoms with Gasteiger partial charge in [-0.1, -0.05) is 54.6 Å². The van der Waals surface area contributed by atoms with Crippen LogP contribution in [-0.4, -0.2) is 16.9 Å². The lowest BCUT2D eigenvalue weighted by molar-refractivity contribution is -0.137. The molecule has 0 N–H and O–H groups in total. The Morgan fingerprint density at radius 1 is 1.11 bits per heavy atom. The third-order valence-electron chi connectivity index (χ3n) is 3.98. The Labute approximate surface area is 164 Å². The van der Waals surface area contributed by atoms with Gasteiger partial charge in [-0.25, -0.2) is 4.68 Å². The molecule has 0 bridgehead atoms. The van der Waals surface area contributed by atoms with Crippen LogP contribution >= 0.6 is 11.3 Å². The third-order valence-corrected chi connectivity index (χ3v) is 4.84. The number of thiazole rings is 1. The molecule has 7 heteroatoms. The van der Waals surface area contributed by atoms with Gasteiger partial charge in [-0.2, -0.15) is 18.3 Å². The third kappa shape index (κ3) is 4.31. The Hall–Kier alpha value is -2.93. The lowest BCUT2D eigenvalue weighted by atomic mass is 10.0. The summed E-state index contributed by atoms with van der Waals surface area (Å²) in [6, 6.07) is 15.0. The first-order chi connectivity index (χ1) is 13.4. The van der Waals surface area contributed by atoms with Crippen LogP contribution in [0.25, 0.3) is 11.3 Å². The molecule has 0 saturated carbocycles. The van der Waals surface area contributed by atoms with Crippen molar-refractivity contribution in [2.24, 2.45) is 10.1 Å². The molecule has 3 aromatic rings. The summed E-state index contributed by atoms with van der Waals surface area (Å²) in [6.45, 7) is 5.62. The molecular formula is C21H18F3N3S. The first-order valence-corrected chi connectivity index (χ1v) is 9.39. The zero-order chi connectivity index (χ0) is 20.1. The SMILES string of the molecule is C=CCN=c1scc(-c2ccccc2)n1/N=C(\C)c1ccccc1C(F)(F)F. The Balaban J connectivity index is 2.18. The van der Waals surface area contributed by atoms with E-state index in [1.165, 1.54) is 23.5 Å². The first kappa shape index (κ1) is 19.8. The van der Waals surface area contributed by atoms with Crippen molar-refractivity contribution < 1.29 is 13.2 Å². The molecular weight excluding hydrogens is 383 g/mol. The average molecular weight is 401 g/mol. The molecule has 0 aliphatic rings. The maximum Gasteiger partial charge on any atom is 0.417 e. The van der Waals surface area contributed by atoms with Gasteiger partial charge < -0.3 is 0 Å². The van der Waals surface area contributed by atoms with Crippen molar-refractivity contribution in [3.05, 3.63) is 88.6 Å². The summed E-state index contributed by atoms with van der Waals surface area (Å²) < 4.78 is 41.8. The summed E-state index contributed by atoms with van der Waals surface area (Å²) in [4.78, 5) is 5.01. The van der Waals surface area contributed by atoms with Gasteiger partial charge in [-0.15, -0.1) is 17.9 Å². The molecule has 0 aliphatic carbocycles. The minimum Gasteiger partial charge on any atom is -0.253 e. The maximum atomic E-state index is 13.4. The minimum absolute atomic E-state index is 0.0439. The van der Waals surface area contributed by atoms with Crippen molar-refractivity contribution in [3.8, 4) is 11.3 Å². The fourth-order valence-electron chi connectivity index (χ4n) is 2.70. The van der Waals surface area contributed by atoms with Gasteiger partial charge in [-0.3, -0.25) is 4.99 Å². The van der Waals surface area contributed by atoms with E-state index < -0.39 is 11.7 Å². The summed E-state index contributed by atoms with van der Waals surface area (Å²) in [5, 5.41) is 6.40. The van der Waals surface area contributed by atoms with Crippen LogP contribution in [0.2, 0.25) is 0 Å². The lowest BCUT2D eigenvalue weighted by Gasteiger charge is -2.13. The number of nitrogens with zero attached hydrogens (tertiary/aromatic N) is 3. The number of halogens is 3. The Kier molecular flexibility index (Phi) is 5.94. The number of aromatic nitrogens is 1. The van der Waals surface area contributed by atoms with Crippen LogP contribution in [0.4, 0.5) is 13.2 Å². The smallest absolute Gasteiger partial charge is 0.253 e. The second kappa shape index (κ2) is 8.39. The molecule has 0 amide bonds. The summed E-state index contributed by atoms with van der Waals surface area (Å²) in [7, 11) is 0. The maximum absolute atomic E-state index is 13.4. The summed E-state index contributed by atoms with van der Waals surface area (Å²) in [6.07, 6.45) is -2.80. The molecule has 0 spiro atoms. The highest BCUT2D eigenvalue weighted by Crippen LogP contribution is 2.32. The summed E-state index contributed by atoms with van der Waals surface area (Å²) in [5.41, 5.74) is 1.25. The average Bonchev–Trinajstić information content (AvgIpc) is 3.08. The monoisotopic (exact) mass is 401 g/mol. The molecule has 1 heterocycles. The van der Waals surface area contributed by atoms with Gasteiger partial charge in [-0.05, 0) is 13.0 Å². The summed E-state index contributed by atoms with van der Waals surface area (Å²) >= 11 is 1.38. The van der Waals surface area contributed by atoms with Crippen molar-refractivity contribution in [1.29, 1.82) is 0 Å². The van der Waals surface area contributed by atoms with E-state index in [4.69, 9.17) is 0 Å². The van der Waals surface area contributed by atoms with Crippen molar-refractivity contribution in [3.63, 3.8) is 0 Å². The molecule has 28 heavy (non-hydrogen) atoms. The highest BCUT2D eigenvalue weighted by molar-refractivity contribution is 7.07. The van der Waals surface area contributed by atoms with Gasteiger partial charge in [0.2, 0.25) is 4.80 Å². The van der Waals surface area contributed by atoms with E-state index in [0.717, 1.165) is 17.3 Å². The van der Waals surface area contributed by atoms with Crippen LogP contribution in [0.3, 0.4) is 0 Å². The highest BCUT2D eigenvalue weighted by Gasteiger charge is 2.33. The van der Waals surface area contributed by atoms with Crippen molar-refractivity contribution in [2.45, 2.75) is 13.1 Å². The molecule has 1 aromatic heterocycles. The topological polar surface area (TPSA) is 29.6 Å². The second-order valence-electron chi connectivity index (χ2n) is 5.94. The van der Waals surface area contributed by atoms with Crippen LogP contribution in [0, 0.1) is 0 Å². The van der Waals surface area contributed by atoms with Gasteiger partial charge in [0, 0.05) is 16.5 Å². The van der Waals surface area contributed by atoms with Gasteiger partial charge in [0.1, 0.15) is 0 Å². The van der Waals surface area contributed by atoms with Crippen molar-refractivity contribution in [1.82, 2.24) is 4.68 Å². The fourth-order valence-corrected chi connectivity index (χ4v) is 3.54. The van der Waals surface area contributed by atoms with Crippen LogP contribution in [0.15, 0.2) is 82.7 Å². The van der Waals surface area contributed by atoms with Gasteiger partial charge in [0.25, 0.3) is 0 Å². The molecule has 144 valence electrons. The number of hydrogen-bond acceptors (Lipinski definition) is 3. The zero-order valence-corrected chi connectivity index (χ0v) is 16.0. The van der Waals surface area contributed by atoms with E-state index in [0.29, 0.717) is 11.3 Å². The van der Waals surface area contributed by atoms with E-state index in [-0.39, 0.29) is 11.3 Å². The van der Waals surface area contributed by atoms with Gasteiger partial charge in [0.05, 0.1) is 23.5 Å². The number of rotatable bonds is 5. The van der Waals surface area contributed by atoms with Crippen LogP contribution in [0.1, 0.15) is 18.1 Å². The molecule has 0 aliphatic heterocycles. The van der Waals surface area contributed by atoms with Crippen LogP contribution in [-0.2, 0) is 6.18 Å². The van der Waals surface area contributed by atoms with E-state index in [9.17, 15) is 13.2 Å². The number of benzene rings is 2. The number of hydrogen-bond donors (Lipinski definition) is 0. The van der Waals surface area contributed by atoms with Gasteiger partial charge >= 0.3 is 6.18 Å². The van der Waals surface area contributed by atoms with E-state index >= 15 is 0 Å². The van der Waals surface area contributed by atoms with Crippen molar-refractivity contribution >= 4 is 17.0 Å². The predicted octanol–water partition coefficient (Wildman–Crippen LogP) is 5.59. The normalized spacial score (nSPS) is 13.0. The Morgan fingerprint density at radius 3 is 2.46 bits per heavy atom. The minimum atomic E-state index is -4.45. The zero-order valence-electron chi connectivity index (χ0n) is 15.1. The van der Waals surface area contributed by atoms with E-state index in [1.54, 1.807) is 23.7 Å². The van der Waals surface area contributed by atoms with Crippen molar-refractivity contribution in [2.75, 3.05) is 6.54 Å². The molecule has 0 unspecified atom stereocenters. The Morgan fingerprint density at radius 2 is 1.79 bits per heavy atom. The van der Waals surface area contributed by atoms with Crippen LogP contribution in [0.5, 0.6) is 0 Å². The molecule has 2 aromatic carbocycles. The fraction of sp³-hybridized carbons (Fsp3) is 0.143. The molecule has 3 rings (SSSR count). The van der Waals surface area contributed by atoms with Crippen LogP contribution < -0.4 is 4.80 Å². The lowest BCUT2D eigenvalue weighted by Crippen LogP contribution is -2.17. The van der Waals surface area contributed by atoms with E-state index in [2.05, 4.69) is 16.7 Å². The quantitative estimate of drug-likeness (QED) is 0.394. The largest absolute Gasteiger partial charge is 0.417 e. The molecule has 0 saturated heterocycles. The highest BCUT2D eigenvalue weighted by atomic mass is 32.1. The molecule has 0 atom stereocenters. The number of alkyl halides is 3. The standard InChI is InChI=1S/C21H18F3N3S/c1-3-13-25-20-27(19(14-28-20)16-9-5-4-6-10-16)26-15(2)17-11-7-8-12-18(17)21(22,23)24/h3-12,14H,1,13H2,2H3/b25-20?,26-15+. The molecule has 0 fully saturated rings. The predicted molar refractivity (Wildman–Crippen MR) is 107 cm³/mol. The van der Waals surface area contributed by atoms with Gasteiger partial charge in [0.15, 0.2) is 0 Å². The Bertz CT molecular complexity index is 1060. The first-order valence-electron chi connectivity index (χ1n) is 8.51. The summed E-state index contributed by atoms with van der Waals surface area (Å²) in [5.74, 6) is 0. The molecule has 3 nitrogen and oxygen atoms in total.